The predicted molar refractivity (Wildman–Crippen MR) is 111 cm³/mol. The maximum Gasteiger partial charge on any atom is 0.231 e. The monoisotopic (exact) mass is 453 g/mol. The van der Waals surface area contributed by atoms with Crippen molar-refractivity contribution in [2.24, 2.45) is 4.99 Å². The molecule has 0 saturated carbocycles. The van der Waals surface area contributed by atoms with E-state index in [9.17, 15) is 0 Å². The Morgan fingerprint density at radius 2 is 1.80 bits per heavy atom. The first kappa shape index (κ1) is 19.4. The predicted octanol–water partition coefficient (Wildman–Crippen LogP) is 3.33. The van der Waals surface area contributed by atoms with Gasteiger partial charge in [-0.15, -0.1) is 24.0 Å². The van der Waals surface area contributed by atoms with Crippen LogP contribution in [0.15, 0.2) is 53.5 Å². The maximum atomic E-state index is 5.41. The molecule has 1 aliphatic rings. The molecule has 0 unspecified atom stereocenters. The Hall–Kier alpha value is -1.96. The molecule has 0 saturated heterocycles. The first-order valence-electron chi connectivity index (χ1n) is 8.30. The summed E-state index contributed by atoms with van der Waals surface area (Å²) in [7, 11) is 0. The number of benzene rings is 2. The molecule has 0 bridgehead atoms. The van der Waals surface area contributed by atoms with Gasteiger partial charge in [0, 0.05) is 13.1 Å². The van der Waals surface area contributed by atoms with Crippen molar-refractivity contribution in [1.29, 1.82) is 0 Å². The lowest BCUT2D eigenvalue weighted by Crippen LogP contribution is -2.38. The molecule has 0 spiro atoms. The molecule has 1 aliphatic heterocycles. The van der Waals surface area contributed by atoms with Crippen LogP contribution < -0.4 is 20.1 Å². The zero-order valence-corrected chi connectivity index (χ0v) is 16.7. The van der Waals surface area contributed by atoms with E-state index in [2.05, 4.69) is 46.8 Å². The normalized spacial score (nSPS) is 12.4. The molecule has 2 aromatic rings. The van der Waals surface area contributed by atoms with Crippen LogP contribution in [0.1, 0.15) is 18.1 Å². The molecule has 2 aromatic carbocycles. The topological polar surface area (TPSA) is 54.9 Å². The van der Waals surface area contributed by atoms with Crippen LogP contribution in [0.4, 0.5) is 0 Å². The van der Waals surface area contributed by atoms with Gasteiger partial charge in [-0.05, 0) is 36.6 Å². The van der Waals surface area contributed by atoms with Crippen molar-refractivity contribution in [2.45, 2.75) is 19.9 Å². The van der Waals surface area contributed by atoms with Gasteiger partial charge in [-0.25, -0.2) is 4.99 Å². The highest BCUT2D eigenvalue weighted by atomic mass is 127. The number of rotatable bonds is 6. The van der Waals surface area contributed by atoms with Crippen molar-refractivity contribution in [3.63, 3.8) is 0 Å². The third-order valence-electron chi connectivity index (χ3n) is 3.75. The molecular weight excluding hydrogens is 429 g/mol. The van der Waals surface area contributed by atoms with E-state index in [1.54, 1.807) is 0 Å². The molecule has 0 aliphatic carbocycles. The summed E-state index contributed by atoms with van der Waals surface area (Å²) in [6, 6.07) is 16.4. The Morgan fingerprint density at radius 1 is 1.00 bits per heavy atom. The number of fused-ring (bicyclic) bond motifs is 1. The molecule has 0 atom stereocenters. The van der Waals surface area contributed by atoms with Gasteiger partial charge in [-0.1, -0.05) is 36.4 Å². The largest absolute Gasteiger partial charge is 0.454 e. The molecule has 0 aromatic heterocycles. The SMILES string of the molecule is CCNC(=NCc1ccc2c(c1)OCO2)NCCc1ccccc1.I. The number of nitrogens with zero attached hydrogens (tertiary/aromatic N) is 1. The van der Waals surface area contributed by atoms with Gasteiger partial charge < -0.3 is 20.1 Å². The molecule has 6 heteroatoms. The molecular formula is C19H24IN3O2. The fraction of sp³-hybridized carbons (Fsp3) is 0.316. The second kappa shape index (κ2) is 10.1. The van der Waals surface area contributed by atoms with Crippen LogP contribution in [0.3, 0.4) is 0 Å². The standard InChI is InChI=1S/C19H23N3O2.HI/c1-2-20-19(21-11-10-15-6-4-3-5-7-15)22-13-16-8-9-17-18(12-16)24-14-23-17;/h3-9,12H,2,10-11,13-14H2,1H3,(H2,20,21,22);1H. The van der Waals surface area contributed by atoms with Gasteiger partial charge in [-0.2, -0.15) is 0 Å². The third kappa shape index (κ3) is 5.81. The van der Waals surface area contributed by atoms with E-state index in [4.69, 9.17) is 9.47 Å². The van der Waals surface area contributed by atoms with E-state index in [0.29, 0.717) is 13.3 Å². The Bertz CT molecular complexity index is 692. The Labute approximate surface area is 165 Å². The fourth-order valence-corrected chi connectivity index (χ4v) is 2.52. The Kier molecular flexibility index (Phi) is 7.84. The smallest absolute Gasteiger partial charge is 0.231 e. The highest BCUT2D eigenvalue weighted by molar-refractivity contribution is 14.0. The van der Waals surface area contributed by atoms with Crippen LogP contribution in [-0.4, -0.2) is 25.8 Å². The van der Waals surface area contributed by atoms with Crippen molar-refractivity contribution in [1.82, 2.24) is 10.6 Å². The molecule has 0 radical (unpaired) electrons. The summed E-state index contributed by atoms with van der Waals surface area (Å²) in [4.78, 5) is 4.64. The first-order chi connectivity index (χ1) is 11.8. The maximum absolute atomic E-state index is 5.41. The van der Waals surface area contributed by atoms with Crippen LogP contribution in [-0.2, 0) is 13.0 Å². The lowest BCUT2D eigenvalue weighted by atomic mass is 10.1. The number of ether oxygens (including phenoxy) is 2. The van der Waals surface area contributed by atoms with Gasteiger partial charge >= 0.3 is 0 Å². The average molecular weight is 453 g/mol. The highest BCUT2D eigenvalue weighted by Gasteiger charge is 2.12. The molecule has 5 nitrogen and oxygen atoms in total. The second-order valence-corrected chi connectivity index (χ2v) is 5.55. The minimum Gasteiger partial charge on any atom is -0.454 e. The van der Waals surface area contributed by atoms with Crippen LogP contribution in [0.2, 0.25) is 0 Å². The molecule has 3 rings (SSSR count). The summed E-state index contributed by atoms with van der Waals surface area (Å²) in [6.07, 6.45) is 0.968. The highest BCUT2D eigenvalue weighted by Crippen LogP contribution is 2.32. The van der Waals surface area contributed by atoms with Crippen molar-refractivity contribution < 1.29 is 9.47 Å². The van der Waals surface area contributed by atoms with E-state index in [1.807, 2.05) is 24.3 Å². The number of nitrogens with one attached hydrogen (secondary N) is 2. The van der Waals surface area contributed by atoms with Crippen LogP contribution >= 0.6 is 24.0 Å². The van der Waals surface area contributed by atoms with Crippen molar-refractivity contribution in [3.8, 4) is 11.5 Å². The van der Waals surface area contributed by atoms with E-state index in [0.717, 1.165) is 42.5 Å². The van der Waals surface area contributed by atoms with E-state index >= 15 is 0 Å². The summed E-state index contributed by atoms with van der Waals surface area (Å²) in [5.74, 6) is 2.42. The summed E-state index contributed by atoms with van der Waals surface area (Å²) in [6.45, 7) is 4.63. The molecule has 134 valence electrons. The fourth-order valence-electron chi connectivity index (χ4n) is 2.52. The Morgan fingerprint density at radius 3 is 2.60 bits per heavy atom. The number of aliphatic imine (C=N–C) groups is 1. The van der Waals surface area contributed by atoms with Crippen LogP contribution in [0, 0.1) is 0 Å². The lowest BCUT2D eigenvalue weighted by Gasteiger charge is -2.11. The van der Waals surface area contributed by atoms with Crippen molar-refractivity contribution >= 4 is 29.9 Å². The summed E-state index contributed by atoms with van der Waals surface area (Å²) in [5, 5.41) is 6.65. The number of halogens is 1. The lowest BCUT2D eigenvalue weighted by molar-refractivity contribution is 0.174. The minimum atomic E-state index is 0. The zero-order valence-electron chi connectivity index (χ0n) is 14.3. The summed E-state index contributed by atoms with van der Waals surface area (Å²) < 4.78 is 10.7. The van der Waals surface area contributed by atoms with E-state index in [1.165, 1.54) is 5.56 Å². The van der Waals surface area contributed by atoms with Crippen molar-refractivity contribution in [2.75, 3.05) is 19.9 Å². The Balaban J connectivity index is 0.00000225. The van der Waals surface area contributed by atoms with Crippen molar-refractivity contribution in [3.05, 3.63) is 59.7 Å². The number of hydrogen-bond acceptors (Lipinski definition) is 3. The second-order valence-electron chi connectivity index (χ2n) is 5.55. The van der Waals surface area contributed by atoms with Gasteiger partial charge in [0.15, 0.2) is 17.5 Å². The van der Waals surface area contributed by atoms with Crippen LogP contribution in [0.25, 0.3) is 0 Å². The molecule has 2 N–H and O–H groups in total. The minimum absolute atomic E-state index is 0. The van der Waals surface area contributed by atoms with Gasteiger partial charge in [0.1, 0.15) is 0 Å². The summed E-state index contributed by atoms with van der Waals surface area (Å²) in [5.41, 5.74) is 2.41. The molecule has 0 amide bonds. The molecule has 1 heterocycles. The summed E-state index contributed by atoms with van der Waals surface area (Å²) >= 11 is 0. The van der Waals surface area contributed by atoms with Gasteiger partial charge in [0.05, 0.1) is 6.54 Å². The van der Waals surface area contributed by atoms with E-state index in [-0.39, 0.29) is 24.0 Å². The van der Waals surface area contributed by atoms with E-state index < -0.39 is 0 Å². The first-order valence-corrected chi connectivity index (χ1v) is 8.30. The third-order valence-corrected chi connectivity index (χ3v) is 3.75. The number of hydrogen-bond donors (Lipinski definition) is 2. The molecule has 0 fully saturated rings. The number of guanidine groups is 1. The van der Waals surface area contributed by atoms with Crippen LogP contribution in [0.5, 0.6) is 11.5 Å². The van der Waals surface area contributed by atoms with Gasteiger partial charge in [0.2, 0.25) is 6.79 Å². The van der Waals surface area contributed by atoms with Gasteiger partial charge in [0.25, 0.3) is 0 Å². The average Bonchev–Trinajstić information content (AvgIpc) is 3.08. The zero-order chi connectivity index (χ0) is 16.6. The van der Waals surface area contributed by atoms with Gasteiger partial charge in [-0.3, -0.25) is 0 Å². The molecule has 25 heavy (non-hydrogen) atoms. The quantitative estimate of drug-likeness (QED) is 0.401.